The van der Waals surface area contributed by atoms with E-state index in [1.165, 1.54) is 6.92 Å². The van der Waals surface area contributed by atoms with Crippen molar-refractivity contribution >= 4 is 17.5 Å². The van der Waals surface area contributed by atoms with E-state index in [0.717, 1.165) is 22.4 Å². The second-order valence-corrected chi connectivity index (χ2v) is 5.79. The average molecular weight is 325 g/mol. The SMILES string of the molecule is CC(=O)N(CCC(=O)NCc1ccncc1)c1c(C)cccc1C. The first-order valence-corrected chi connectivity index (χ1v) is 7.99. The van der Waals surface area contributed by atoms with Gasteiger partial charge in [-0.1, -0.05) is 18.2 Å². The van der Waals surface area contributed by atoms with Gasteiger partial charge in [0.05, 0.1) is 0 Å². The van der Waals surface area contributed by atoms with Crippen LogP contribution in [0.1, 0.15) is 30.0 Å². The van der Waals surface area contributed by atoms with Crippen LogP contribution in [0.2, 0.25) is 0 Å². The van der Waals surface area contributed by atoms with Gasteiger partial charge >= 0.3 is 0 Å². The Balaban J connectivity index is 1.97. The minimum absolute atomic E-state index is 0.0608. The van der Waals surface area contributed by atoms with Gasteiger partial charge in [0.15, 0.2) is 0 Å². The zero-order chi connectivity index (χ0) is 17.5. The summed E-state index contributed by atoms with van der Waals surface area (Å²) in [5.74, 6) is -0.140. The van der Waals surface area contributed by atoms with Gasteiger partial charge in [0.2, 0.25) is 11.8 Å². The molecule has 0 spiro atoms. The van der Waals surface area contributed by atoms with Crippen molar-refractivity contribution in [2.24, 2.45) is 0 Å². The molecule has 0 radical (unpaired) electrons. The minimum atomic E-state index is -0.0794. The lowest BCUT2D eigenvalue weighted by atomic mass is 10.1. The van der Waals surface area contributed by atoms with Crippen molar-refractivity contribution in [3.63, 3.8) is 0 Å². The van der Waals surface area contributed by atoms with Crippen LogP contribution in [0.25, 0.3) is 0 Å². The van der Waals surface area contributed by atoms with Crippen molar-refractivity contribution in [3.8, 4) is 0 Å². The third-order valence-electron chi connectivity index (χ3n) is 3.89. The molecule has 1 aromatic heterocycles. The first-order chi connectivity index (χ1) is 11.5. The van der Waals surface area contributed by atoms with Gasteiger partial charge in [-0.2, -0.15) is 0 Å². The van der Waals surface area contributed by atoms with E-state index in [1.807, 2.05) is 44.2 Å². The summed E-state index contributed by atoms with van der Waals surface area (Å²) in [6.45, 7) is 6.30. The van der Waals surface area contributed by atoms with Gasteiger partial charge in [-0.3, -0.25) is 14.6 Å². The number of aromatic nitrogens is 1. The van der Waals surface area contributed by atoms with Gasteiger partial charge < -0.3 is 10.2 Å². The van der Waals surface area contributed by atoms with Crippen LogP contribution in [0.3, 0.4) is 0 Å². The standard InChI is InChI=1S/C19H23N3O2/c1-14-5-4-6-15(2)19(14)22(16(3)23)12-9-18(24)21-13-17-7-10-20-11-8-17/h4-8,10-11H,9,12-13H2,1-3H3,(H,21,24). The van der Waals surface area contributed by atoms with Crippen LogP contribution in [-0.4, -0.2) is 23.3 Å². The zero-order valence-corrected chi connectivity index (χ0v) is 14.4. The van der Waals surface area contributed by atoms with E-state index >= 15 is 0 Å². The fraction of sp³-hybridized carbons (Fsp3) is 0.316. The highest BCUT2D eigenvalue weighted by Crippen LogP contribution is 2.24. The van der Waals surface area contributed by atoms with Crippen LogP contribution >= 0.6 is 0 Å². The zero-order valence-electron chi connectivity index (χ0n) is 14.4. The molecule has 0 aliphatic rings. The molecular formula is C19H23N3O2. The summed E-state index contributed by atoms with van der Waals surface area (Å²) in [6, 6.07) is 9.63. The Morgan fingerprint density at radius 2 is 1.71 bits per heavy atom. The molecule has 2 aromatic rings. The predicted octanol–water partition coefficient (Wildman–Crippen LogP) is 2.76. The number of amides is 2. The summed E-state index contributed by atoms with van der Waals surface area (Å²) in [7, 11) is 0. The second kappa shape index (κ2) is 8.24. The Kier molecular flexibility index (Phi) is 6.07. The number of nitrogens with one attached hydrogen (secondary N) is 1. The fourth-order valence-electron chi connectivity index (χ4n) is 2.66. The molecule has 5 nitrogen and oxygen atoms in total. The van der Waals surface area contributed by atoms with Gasteiger partial charge in [0, 0.05) is 44.5 Å². The normalized spacial score (nSPS) is 10.3. The molecule has 0 aliphatic heterocycles. The molecule has 0 aliphatic carbocycles. The number of anilines is 1. The quantitative estimate of drug-likeness (QED) is 0.888. The summed E-state index contributed by atoms with van der Waals surface area (Å²) in [5, 5.41) is 2.87. The minimum Gasteiger partial charge on any atom is -0.352 e. The number of pyridine rings is 1. The molecule has 2 amide bonds. The van der Waals surface area contributed by atoms with E-state index in [1.54, 1.807) is 17.3 Å². The Morgan fingerprint density at radius 3 is 2.29 bits per heavy atom. The van der Waals surface area contributed by atoms with Crippen LogP contribution < -0.4 is 10.2 Å². The average Bonchev–Trinajstić information content (AvgIpc) is 2.56. The molecule has 1 aromatic carbocycles. The predicted molar refractivity (Wildman–Crippen MR) is 94.6 cm³/mol. The Bertz CT molecular complexity index is 694. The number of hydrogen-bond acceptors (Lipinski definition) is 3. The number of carbonyl (C=O) groups excluding carboxylic acids is 2. The lowest BCUT2D eigenvalue weighted by Crippen LogP contribution is -2.34. The molecule has 126 valence electrons. The number of para-hydroxylation sites is 1. The fourth-order valence-corrected chi connectivity index (χ4v) is 2.66. The van der Waals surface area contributed by atoms with Crippen LogP contribution in [0.15, 0.2) is 42.7 Å². The van der Waals surface area contributed by atoms with E-state index < -0.39 is 0 Å². The number of nitrogens with zero attached hydrogens (tertiary/aromatic N) is 2. The van der Waals surface area contributed by atoms with Gasteiger partial charge in [-0.25, -0.2) is 0 Å². The smallest absolute Gasteiger partial charge is 0.223 e. The van der Waals surface area contributed by atoms with Crippen molar-refractivity contribution in [1.82, 2.24) is 10.3 Å². The molecule has 2 rings (SSSR count). The highest BCUT2D eigenvalue weighted by atomic mass is 16.2. The number of aryl methyl sites for hydroxylation is 2. The van der Waals surface area contributed by atoms with E-state index in [9.17, 15) is 9.59 Å². The molecule has 0 saturated carbocycles. The summed E-state index contributed by atoms with van der Waals surface area (Å²) < 4.78 is 0. The third kappa shape index (κ3) is 4.65. The third-order valence-corrected chi connectivity index (χ3v) is 3.89. The summed E-state index contributed by atoms with van der Waals surface area (Å²) >= 11 is 0. The van der Waals surface area contributed by atoms with E-state index in [4.69, 9.17) is 0 Å². The lowest BCUT2D eigenvalue weighted by molar-refractivity contribution is -0.121. The largest absolute Gasteiger partial charge is 0.352 e. The number of carbonyl (C=O) groups is 2. The second-order valence-electron chi connectivity index (χ2n) is 5.79. The summed E-state index contributed by atoms with van der Waals surface area (Å²) in [4.78, 5) is 29.7. The van der Waals surface area contributed by atoms with Crippen LogP contribution in [0, 0.1) is 13.8 Å². The van der Waals surface area contributed by atoms with Gasteiger partial charge in [-0.05, 0) is 42.7 Å². The van der Waals surface area contributed by atoms with Crippen molar-refractivity contribution in [1.29, 1.82) is 0 Å². The maximum absolute atomic E-state index is 12.1. The van der Waals surface area contributed by atoms with Gasteiger partial charge in [0.1, 0.15) is 0 Å². The highest BCUT2D eigenvalue weighted by molar-refractivity contribution is 5.94. The first kappa shape index (κ1) is 17.7. The first-order valence-electron chi connectivity index (χ1n) is 7.99. The summed E-state index contributed by atoms with van der Waals surface area (Å²) in [6.07, 6.45) is 3.65. The molecule has 1 heterocycles. The maximum Gasteiger partial charge on any atom is 0.223 e. The number of hydrogen-bond donors (Lipinski definition) is 1. The Labute approximate surface area is 142 Å². The van der Waals surface area contributed by atoms with E-state index in [2.05, 4.69) is 10.3 Å². The van der Waals surface area contributed by atoms with Crippen molar-refractivity contribution in [2.45, 2.75) is 33.7 Å². The Morgan fingerprint density at radius 1 is 1.08 bits per heavy atom. The topological polar surface area (TPSA) is 62.3 Å². The van der Waals surface area contributed by atoms with Gasteiger partial charge in [0.25, 0.3) is 0 Å². The van der Waals surface area contributed by atoms with Crippen molar-refractivity contribution in [3.05, 3.63) is 59.4 Å². The van der Waals surface area contributed by atoms with Crippen molar-refractivity contribution < 1.29 is 9.59 Å². The van der Waals surface area contributed by atoms with E-state index in [0.29, 0.717) is 13.1 Å². The van der Waals surface area contributed by atoms with Crippen LogP contribution in [-0.2, 0) is 16.1 Å². The Hall–Kier alpha value is -2.69. The number of benzene rings is 1. The molecule has 0 atom stereocenters. The molecule has 5 heteroatoms. The van der Waals surface area contributed by atoms with E-state index in [-0.39, 0.29) is 18.2 Å². The molecule has 0 unspecified atom stereocenters. The molecule has 0 saturated heterocycles. The summed E-state index contributed by atoms with van der Waals surface area (Å²) in [5.41, 5.74) is 3.95. The molecule has 0 fully saturated rings. The molecule has 24 heavy (non-hydrogen) atoms. The van der Waals surface area contributed by atoms with Gasteiger partial charge in [-0.15, -0.1) is 0 Å². The molecular weight excluding hydrogens is 302 g/mol. The van der Waals surface area contributed by atoms with Crippen LogP contribution in [0.5, 0.6) is 0 Å². The lowest BCUT2D eigenvalue weighted by Gasteiger charge is -2.25. The van der Waals surface area contributed by atoms with Crippen LogP contribution in [0.4, 0.5) is 5.69 Å². The molecule has 1 N–H and O–H groups in total. The maximum atomic E-state index is 12.1. The highest BCUT2D eigenvalue weighted by Gasteiger charge is 2.17. The monoisotopic (exact) mass is 325 g/mol. The van der Waals surface area contributed by atoms with Crippen molar-refractivity contribution in [2.75, 3.05) is 11.4 Å². The molecule has 0 bridgehead atoms. The number of rotatable bonds is 6.